The van der Waals surface area contributed by atoms with Crippen LogP contribution >= 0.6 is 0 Å². The molecule has 0 atom stereocenters. The van der Waals surface area contributed by atoms with Crippen molar-refractivity contribution in [2.45, 2.75) is 6.42 Å². The number of nitrogens with two attached hydrogens (primary N) is 1. The number of anilines is 1. The normalized spacial score (nSPS) is 9.94. The maximum atomic E-state index is 5.48. The van der Waals surface area contributed by atoms with E-state index in [0.717, 1.165) is 6.42 Å². The Bertz CT molecular complexity index is 461. The summed E-state index contributed by atoms with van der Waals surface area (Å²) in [5.74, 6) is 6.19. The van der Waals surface area contributed by atoms with Crippen molar-refractivity contribution in [3.05, 3.63) is 48.3 Å². The third-order valence-electron chi connectivity index (χ3n) is 2.24. The minimum atomic E-state index is 0.469. The monoisotopic (exact) mass is 230 g/mol. The van der Waals surface area contributed by atoms with E-state index in [-0.39, 0.29) is 0 Å². The number of rotatable bonds is 5. The van der Waals surface area contributed by atoms with Crippen LogP contribution in [0.4, 0.5) is 5.82 Å². The average Bonchev–Trinajstić information content (AvgIpc) is 2.40. The second-order valence-corrected chi connectivity index (χ2v) is 3.47. The van der Waals surface area contributed by atoms with Gasteiger partial charge in [0, 0.05) is 6.42 Å². The highest BCUT2D eigenvalue weighted by Gasteiger charge is 1.98. The van der Waals surface area contributed by atoms with Crippen molar-refractivity contribution in [1.29, 1.82) is 0 Å². The number of nitrogens with one attached hydrogen (secondary N) is 1. The molecule has 0 aliphatic heterocycles. The van der Waals surface area contributed by atoms with Gasteiger partial charge in [0.15, 0.2) is 5.82 Å². The number of ether oxygens (including phenoxy) is 1. The van der Waals surface area contributed by atoms with Crippen molar-refractivity contribution in [2.75, 3.05) is 12.0 Å². The van der Waals surface area contributed by atoms with Crippen LogP contribution in [0.25, 0.3) is 0 Å². The number of benzene rings is 1. The van der Waals surface area contributed by atoms with E-state index in [4.69, 9.17) is 10.6 Å². The zero-order valence-corrected chi connectivity index (χ0v) is 9.34. The molecule has 2 aromatic rings. The summed E-state index contributed by atoms with van der Waals surface area (Å²) in [5.41, 5.74) is 3.65. The number of nitrogens with zero attached hydrogens (tertiary/aromatic N) is 2. The van der Waals surface area contributed by atoms with E-state index in [1.54, 1.807) is 6.20 Å². The largest absolute Gasteiger partial charge is 0.476 e. The Hall–Kier alpha value is -2.14. The van der Waals surface area contributed by atoms with Gasteiger partial charge in [0.05, 0.1) is 19.0 Å². The second-order valence-electron chi connectivity index (χ2n) is 3.47. The molecule has 0 unspecified atom stereocenters. The van der Waals surface area contributed by atoms with Crippen LogP contribution < -0.4 is 16.0 Å². The lowest BCUT2D eigenvalue weighted by Crippen LogP contribution is -2.10. The Morgan fingerprint density at radius 2 is 2.00 bits per heavy atom. The van der Waals surface area contributed by atoms with Gasteiger partial charge in [-0.25, -0.2) is 5.84 Å². The standard InChI is InChI=1S/C12H14N4O/c13-16-11-8-14-9-12(15-11)17-7-6-10-4-2-1-3-5-10/h1-5,8-9H,6-7,13H2,(H,15,16). The summed E-state index contributed by atoms with van der Waals surface area (Å²) in [6.07, 6.45) is 3.93. The Balaban J connectivity index is 1.86. The molecule has 17 heavy (non-hydrogen) atoms. The number of aromatic nitrogens is 2. The summed E-state index contributed by atoms with van der Waals surface area (Å²) in [6, 6.07) is 10.1. The number of nitrogen functional groups attached to an aromatic ring is 1. The third-order valence-corrected chi connectivity index (χ3v) is 2.24. The molecule has 0 fully saturated rings. The third kappa shape index (κ3) is 3.42. The molecule has 0 aliphatic rings. The molecular weight excluding hydrogens is 216 g/mol. The van der Waals surface area contributed by atoms with Crippen LogP contribution in [0.2, 0.25) is 0 Å². The molecular formula is C12H14N4O. The summed E-state index contributed by atoms with van der Waals surface area (Å²) in [6.45, 7) is 0.562. The van der Waals surface area contributed by atoms with Crippen LogP contribution in [0, 0.1) is 0 Å². The minimum absolute atomic E-state index is 0.469. The molecule has 1 heterocycles. The molecule has 5 heteroatoms. The molecule has 0 radical (unpaired) electrons. The van der Waals surface area contributed by atoms with Crippen LogP contribution in [0.3, 0.4) is 0 Å². The van der Waals surface area contributed by atoms with Crippen molar-refractivity contribution < 1.29 is 4.74 Å². The van der Waals surface area contributed by atoms with Gasteiger partial charge in [0.2, 0.25) is 5.88 Å². The lowest BCUT2D eigenvalue weighted by molar-refractivity contribution is 0.308. The summed E-state index contributed by atoms with van der Waals surface area (Å²) >= 11 is 0. The SMILES string of the molecule is NNc1cncc(OCCc2ccccc2)n1. The van der Waals surface area contributed by atoms with E-state index in [1.165, 1.54) is 11.8 Å². The Labute approximate surface area is 99.6 Å². The molecule has 2 rings (SSSR count). The maximum Gasteiger partial charge on any atom is 0.234 e. The van der Waals surface area contributed by atoms with Crippen molar-refractivity contribution in [1.82, 2.24) is 9.97 Å². The van der Waals surface area contributed by atoms with Gasteiger partial charge < -0.3 is 10.2 Å². The van der Waals surface area contributed by atoms with Gasteiger partial charge in [-0.15, -0.1) is 0 Å². The van der Waals surface area contributed by atoms with Gasteiger partial charge in [-0.2, -0.15) is 4.98 Å². The van der Waals surface area contributed by atoms with Crippen molar-refractivity contribution in [3.63, 3.8) is 0 Å². The molecule has 0 saturated carbocycles. The molecule has 88 valence electrons. The van der Waals surface area contributed by atoms with E-state index < -0.39 is 0 Å². The topological polar surface area (TPSA) is 73.1 Å². The first kappa shape index (κ1) is 11.3. The Morgan fingerprint density at radius 3 is 2.76 bits per heavy atom. The van der Waals surface area contributed by atoms with Crippen LogP contribution in [-0.4, -0.2) is 16.6 Å². The molecule has 0 spiro atoms. The fourth-order valence-corrected chi connectivity index (χ4v) is 1.41. The van der Waals surface area contributed by atoms with E-state index in [2.05, 4.69) is 27.5 Å². The zero-order valence-electron chi connectivity index (χ0n) is 9.34. The lowest BCUT2D eigenvalue weighted by Gasteiger charge is -2.06. The summed E-state index contributed by atoms with van der Waals surface area (Å²) in [7, 11) is 0. The molecule has 0 saturated heterocycles. The zero-order chi connectivity index (χ0) is 11.9. The Morgan fingerprint density at radius 1 is 1.18 bits per heavy atom. The summed E-state index contributed by atoms with van der Waals surface area (Å²) < 4.78 is 5.48. The maximum absolute atomic E-state index is 5.48. The average molecular weight is 230 g/mol. The van der Waals surface area contributed by atoms with E-state index in [1.807, 2.05) is 18.2 Å². The first-order valence-electron chi connectivity index (χ1n) is 5.34. The van der Waals surface area contributed by atoms with E-state index >= 15 is 0 Å². The van der Waals surface area contributed by atoms with E-state index in [9.17, 15) is 0 Å². The molecule has 0 aliphatic carbocycles. The molecule has 0 amide bonds. The Kier molecular flexibility index (Phi) is 3.88. The lowest BCUT2D eigenvalue weighted by atomic mass is 10.2. The van der Waals surface area contributed by atoms with Gasteiger partial charge in [-0.05, 0) is 5.56 Å². The van der Waals surface area contributed by atoms with Gasteiger partial charge in [0.25, 0.3) is 0 Å². The molecule has 3 N–H and O–H groups in total. The van der Waals surface area contributed by atoms with E-state index in [0.29, 0.717) is 18.3 Å². The highest BCUT2D eigenvalue weighted by Crippen LogP contribution is 2.08. The first-order valence-corrected chi connectivity index (χ1v) is 5.34. The highest BCUT2D eigenvalue weighted by atomic mass is 16.5. The van der Waals surface area contributed by atoms with Gasteiger partial charge in [-0.3, -0.25) is 4.98 Å². The molecule has 1 aromatic heterocycles. The summed E-state index contributed by atoms with van der Waals surface area (Å²) in [4.78, 5) is 8.05. The quantitative estimate of drug-likeness (QED) is 0.599. The number of hydrogen-bond donors (Lipinski definition) is 2. The molecule has 0 bridgehead atoms. The number of hydrazine groups is 1. The first-order chi connectivity index (χ1) is 8.38. The minimum Gasteiger partial charge on any atom is -0.476 e. The second kappa shape index (κ2) is 5.81. The smallest absolute Gasteiger partial charge is 0.234 e. The van der Waals surface area contributed by atoms with Crippen LogP contribution in [0.1, 0.15) is 5.56 Å². The predicted molar refractivity (Wildman–Crippen MR) is 65.5 cm³/mol. The van der Waals surface area contributed by atoms with Crippen LogP contribution in [0.15, 0.2) is 42.7 Å². The number of hydrogen-bond acceptors (Lipinski definition) is 5. The fourth-order valence-electron chi connectivity index (χ4n) is 1.41. The van der Waals surface area contributed by atoms with Crippen molar-refractivity contribution in [3.8, 4) is 5.88 Å². The van der Waals surface area contributed by atoms with Crippen molar-refractivity contribution >= 4 is 5.82 Å². The molecule has 5 nitrogen and oxygen atoms in total. The highest BCUT2D eigenvalue weighted by molar-refractivity contribution is 5.31. The van der Waals surface area contributed by atoms with Crippen LogP contribution in [0.5, 0.6) is 5.88 Å². The van der Waals surface area contributed by atoms with Crippen LogP contribution in [-0.2, 0) is 6.42 Å². The fraction of sp³-hybridized carbons (Fsp3) is 0.167. The molecule has 1 aromatic carbocycles. The predicted octanol–water partition coefficient (Wildman–Crippen LogP) is 1.38. The van der Waals surface area contributed by atoms with Crippen molar-refractivity contribution in [2.24, 2.45) is 5.84 Å². The van der Waals surface area contributed by atoms with Gasteiger partial charge in [-0.1, -0.05) is 30.3 Å². The van der Waals surface area contributed by atoms with Gasteiger partial charge in [0.1, 0.15) is 0 Å². The van der Waals surface area contributed by atoms with Gasteiger partial charge >= 0.3 is 0 Å². The summed E-state index contributed by atoms with van der Waals surface area (Å²) in [5, 5.41) is 0.